The summed E-state index contributed by atoms with van der Waals surface area (Å²) in [6, 6.07) is 11.6. The van der Waals surface area contributed by atoms with Crippen LogP contribution in [0.1, 0.15) is 15.2 Å². The Balaban J connectivity index is 1.44. The quantitative estimate of drug-likeness (QED) is 0.166. The number of nitrogens with one attached hydrogen (secondary N) is 1. The van der Waals surface area contributed by atoms with Crippen LogP contribution >= 0.6 is 33.9 Å². The fraction of sp³-hybridized carbons (Fsp3) is 0.227. The lowest BCUT2D eigenvalue weighted by molar-refractivity contribution is 0.104. The second-order valence-corrected chi connectivity index (χ2v) is 9.88. The van der Waals surface area contributed by atoms with E-state index in [1.807, 2.05) is 24.3 Å². The molecule has 178 valence electrons. The van der Waals surface area contributed by atoms with Crippen LogP contribution in [0.25, 0.3) is 0 Å². The van der Waals surface area contributed by atoms with Crippen molar-refractivity contribution in [3.63, 3.8) is 0 Å². The minimum Gasteiger partial charge on any atom is -0.494 e. The van der Waals surface area contributed by atoms with Gasteiger partial charge in [-0.25, -0.2) is 14.2 Å². The van der Waals surface area contributed by atoms with Crippen LogP contribution in [0.5, 0.6) is 5.75 Å². The molecule has 1 aliphatic heterocycles. The zero-order chi connectivity index (χ0) is 24.4. The van der Waals surface area contributed by atoms with E-state index in [1.54, 1.807) is 0 Å². The zero-order valence-corrected chi connectivity index (χ0v) is 21.0. The smallest absolute Gasteiger partial charge is 0.408 e. The van der Waals surface area contributed by atoms with Crippen LogP contribution in [-0.2, 0) is 0 Å². The Morgan fingerprint density at radius 2 is 2.00 bits per heavy atom. The number of ketones is 1. The normalized spacial score (nSPS) is 15.8. The molecule has 4 N–H and O–H groups in total. The van der Waals surface area contributed by atoms with Crippen LogP contribution in [0.4, 0.5) is 31.5 Å². The standard InChI is InChI=1S/C22H21FIN5O4S/c1-33-16-7-2-12(10-15(16)23)18(30)19-20(25)27-21(34-19)26-13-3-5-14(6-4-13)28-8-9-29(22(31)32)17(24)11-28/h2-7,10,17H,8-9,11,25H2,1H3,(H,26,27)(H,31,32). The predicted molar refractivity (Wildman–Crippen MR) is 137 cm³/mol. The Hall–Kier alpha value is -3.13. The SMILES string of the molecule is COc1ccc(C(=O)c2sc(Nc3ccc(N4CCN(C(=O)O)C(I)C4)cc3)nc2N)cc1F. The molecule has 1 aliphatic rings. The zero-order valence-electron chi connectivity index (χ0n) is 18.0. The van der Waals surface area contributed by atoms with Crippen molar-refractivity contribution in [1.29, 1.82) is 0 Å². The maximum absolute atomic E-state index is 14.0. The van der Waals surface area contributed by atoms with Crippen molar-refractivity contribution in [2.45, 2.75) is 4.05 Å². The number of methoxy groups -OCH3 is 1. The number of ether oxygens (including phenoxy) is 1. The highest BCUT2D eigenvalue weighted by molar-refractivity contribution is 14.1. The lowest BCUT2D eigenvalue weighted by atomic mass is 10.1. The van der Waals surface area contributed by atoms with Gasteiger partial charge in [-0.3, -0.25) is 9.69 Å². The minimum absolute atomic E-state index is 0.0532. The number of alkyl halides is 1. The number of anilines is 4. The first-order valence-corrected chi connectivity index (χ1v) is 12.2. The maximum atomic E-state index is 14.0. The number of piperazine rings is 1. The second kappa shape index (κ2) is 10.0. The van der Waals surface area contributed by atoms with Crippen LogP contribution in [0, 0.1) is 5.82 Å². The number of carbonyl (C=O) groups excluding carboxylic acids is 1. The Morgan fingerprint density at radius 1 is 1.26 bits per heavy atom. The van der Waals surface area contributed by atoms with Gasteiger partial charge >= 0.3 is 6.09 Å². The summed E-state index contributed by atoms with van der Waals surface area (Å²) in [5.41, 5.74) is 7.85. The Bertz CT molecular complexity index is 1220. The third-order valence-corrected chi connectivity index (χ3v) is 7.37. The molecule has 1 saturated heterocycles. The van der Waals surface area contributed by atoms with Crippen LogP contribution < -0.4 is 20.7 Å². The van der Waals surface area contributed by atoms with Crippen molar-refractivity contribution in [2.24, 2.45) is 0 Å². The molecule has 4 rings (SSSR count). The van der Waals surface area contributed by atoms with E-state index < -0.39 is 17.7 Å². The van der Waals surface area contributed by atoms with Gasteiger partial charge in [0.2, 0.25) is 5.78 Å². The summed E-state index contributed by atoms with van der Waals surface area (Å²) in [4.78, 5) is 32.1. The third kappa shape index (κ3) is 5.01. The molecule has 9 nitrogen and oxygen atoms in total. The molecule has 2 heterocycles. The van der Waals surface area contributed by atoms with Crippen molar-refractivity contribution in [1.82, 2.24) is 9.88 Å². The molecule has 34 heavy (non-hydrogen) atoms. The molecule has 0 radical (unpaired) electrons. The first kappa shape index (κ1) is 24.0. The molecular formula is C22H21FIN5O4S. The molecule has 0 saturated carbocycles. The van der Waals surface area contributed by atoms with Gasteiger partial charge in [0, 0.05) is 36.6 Å². The molecule has 0 aliphatic carbocycles. The van der Waals surface area contributed by atoms with Crippen molar-refractivity contribution < 1.29 is 23.8 Å². The van der Waals surface area contributed by atoms with Gasteiger partial charge in [-0.2, -0.15) is 0 Å². The molecule has 12 heteroatoms. The molecule has 1 atom stereocenters. The fourth-order valence-corrected chi connectivity index (χ4v) is 5.42. The number of carboxylic acid groups (broad SMARTS) is 1. The molecule has 0 bridgehead atoms. The number of hydrogen-bond acceptors (Lipinski definition) is 8. The summed E-state index contributed by atoms with van der Waals surface area (Å²) in [6.07, 6.45) is -0.906. The van der Waals surface area contributed by atoms with Gasteiger partial charge in [0.25, 0.3) is 0 Å². The number of thiazole rings is 1. The summed E-state index contributed by atoms with van der Waals surface area (Å²) in [5, 5.41) is 12.8. The highest BCUT2D eigenvalue weighted by Crippen LogP contribution is 2.31. The maximum Gasteiger partial charge on any atom is 0.408 e. The Morgan fingerprint density at radius 3 is 2.62 bits per heavy atom. The number of nitrogens with two attached hydrogens (primary N) is 1. The molecule has 2 aromatic carbocycles. The van der Waals surface area contributed by atoms with Gasteiger partial charge in [0.05, 0.1) is 7.11 Å². The topological polar surface area (TPSA) is 121 Å². The molecule has 0 spiro atoms. The predicted octanol–water partition coefficient (Wildman–Crippen LogP) is 4.41. The number of halogens is 2. The van der Waals surface area contributed by atoms with E-state index >= 15 is 0 Å². The van der Waals surface area contributed by atoms with Crippen molar-refractivity contribution in [3.05, 3.63) is 58.7 Å². The largest absolute Gasteiger partial charge is 0.494 e. The van der Waals surface area contributed by atoms with Gasteiger partial charge in [-0.15, -0.1) is 0 Å². The summed E-state index contributed by atoms with van der Waals surface area (Å²) >= 11 is 3.22. The van der Waals surface area contributed by atoms with Crippen LogP contribution in [0.15, 0.2) is 42.5 Å². The lowest BCUT2D eigenvalue weighted by Crippen LogP contribution is -2.52. The minimum atomic E-state index is -0.906. The van der Waals surface area contributed by atoms with Crippen molar-refractivity contribution in [2.75, 3.05) is 42.7 Å². The van der Waals surface area contributed by atoms with Crippen LogP contribution in [0.3, 0.4) is 0 Å². The molecule has 1 amide bonds. The average molecular weight is 597 g/mol. The van der Waals surface area contributed by atoms with Crippen LogP contribution in [-0.4, -0.2) is 57.7 Å². The van der Waals surface area contributed by atoms with Gasteiger partial charge in [-0.05, 0) is 42.5 Å². The second-order valence-electron chi connectivity index (χ2n) is 7.44. The van der Waals surface area contributed by atoms with Gasteiger partial charge in [-0.1, -0.05) is 33.9 Å². The van der Waals surface area contributed by atoms with Crippen molar-refractivity contribution in [3.8, 4) is 5.75 Å². The van der Waals surface area contributed by atoms with Crippen molar-refractivity contribution >= 4 is 68.1 Å². The number of hydrogen-bond donors (Lipinski definition) is 3. The molecule has 1 fully saturated rings. The number of benzene rings is 2. The molecule has 1 unspecified atom stereocenters. The average Bonchev–Trinajstić information content (AvgIpc) is 3.18. The Kier molecular flexibility index (Phi) is 7.07. The number of amides is 1. The summed E-state index contributed by atoms with van der Waals surface area (Å²) < 4.78 is 18.8. The van der Waals surface area contributed by atoms with Gasteiger partial charge in [0.15, 0.2) is 16.7 Å². The summed E-state index contributed by atoms with van der Waals surface area (Å²) in [7, 11) is 1.35. The summed E-state index contributed by atoms with van der Waals surface area (Å²) in [6.45, 7) is 1.65. The summed E-state index contributed by atoms with van der Waals surface area (Å²) in [5.74, 6) is -0.936. The van der Waals surface area contributed by atoms with E-state index in [0.29, 0.717) is 24.8 Å². The van der Waals surface area contributed by atoms with E-state index in [2.05, 4.69) is 37.8 Å². The number of nitrogen functional groups attached to an aromatic ring is 1. The van der Waals surface area contributed by atoms with Gasteiger partial charge < -0.3 is 25.8 Å². The van der Waals surface area contributed by atoms with E-state index in [0.717, 1.165) is 28.8 Å². The molecular weight excluding hydrogens is 576 g/mol. The van der Waals surface area contributed by atoms with E-state index in [1.165, 1.54) is 24.1 Å². The molecule has 3 aromatic rings. The van der Waals surface area contributed by atoms with Gasteiger partial charge in [0.1, 0.15) is 14.7 Å². The number of nitrogens with zero attached hydrogens (tertiary/aromatic N) is 3. The highest BCUT2D eigenvalue weighted by atomic mass is 127. The fourth-order valence-electron chi connectivity index (χ4n) is 3.56. The highest BCUT2D eigenvalue weighted by Gasteiger charge is 2.28. The number of rotatable bonds is 6. The number of carbonyl (C=O) groups is 2. The van der Waals surface area contributed by atoms with E-state index in [4.69, 9.17) is 10.5 Å². The lowest BCUT2D eigenvalue weighted by Gasteiger charge is -2.38. The van der Waals surface area contributed by atoms with E-state index in [9.17, 15) is 19.1 Å². The first-order chi connectivity index (χ1) is 16.3. The monoisotopic (exact) mass is 597 g/mol. The van der Waals surface area contributed by atoms with E-state index in [-0.39, 0.29) is 26.1 Å². The van der Waals surface area contributed by atoms with Crippen LogP contribution in [0.2, 0.25) is 0 Å². The Labute approximate surface area is 212 Å². The number of aromatic nitrogens is 1. The third-order valence-electron chi connectivity index (χ3n) is 5.32. The molecule has 1 aromatic heterocycles. The first-order valence-electron chi connectivity index (χ1n) is 10.2.